The van der Waals surface area contributed by atoms with E-state index in [9.17, 15) is 4.79 Å². The van der Waals surface area contributed by atoms with Crippen LogP contribution in [0.15, 0.2) is 30.3 Å². The first-order valence-corrected chi connectivity index (χ1v) is 5.02. The number of benzene rings is 1. The van der Waals surface area contributed by atoms with Crippen molar-refractivity contribution >= 4 is 5.97 Å². The summed E-state index contributed by atoms with van der Waals surface area (Å²) in [5.74, 6) is -0.404. The van der Waals surface area contributed by atoms with Gasteiger partial charge in [-0.15, -0.1) is 0 Å². The van der Waals surface area contributed by atoms with Crippen molar-refractivity contribution in [3.05, 3.63) is 35.9 Å². The van der Waals surface area contributed by atoms with E-state index in [4.69, 9.17) is 4.74 Å². The van der Waals surface area contributed by atoms with E-state index in [0.29, 0.717) is 0 Å². The largest absolute Gasteiger partial charge is 0.469 e. The molecule has 1 fully saturated rings. The number of hydrogen-bond acceptors (Lipinski definition) is 3. The summed E-state index contributed by atoms with van der Waals surface area (Å²) >= 11 is 0. The van der Waals surface area contributed by atoms with Crippen molar-refractivity contribution in [1.29, 1.82) is 0 Å². The van der Waals surface area contributed by atoms with Gasteiger partial charge in [-0.2, -0.15) is 0 Å². The third-order valence-electron chi connectivity index (χ3n) is 2.72. The first-order chi connectivity index (χ1) is 7.24. The van der Waals surface area contributed by atoms with Gasteiger partial charge in [0, 0.05) is 0 Å². The van der Waals surface area contributed by atoms with Gasteiger partial charge in [-0.25, -0.2) is 0 Å². The van der Waals surface area contributed by atoms with Crippen LogP contribution in [0.5, 0.6) is 0 Å². The standard InChI is InChI=1S/C12H14O3/c1-8(12(13)14-2)10-11(15-10)9-6-4-3-5-7-9/h3-8,10-11H,1-2H3/t8-,10-,11+/m1/s1. The molecule has 0 unspecified atom stereocenters. The average molecular weight is 206 g/mol. The number of esters is 1. The highest BCUT2D eigenvalue weighted by Crippen LogP contribution is 2.43. The monoisotopic (exact) mass is 206 g/mol. The molecule has 15 heavy (non-hydrogen) atoms. The second-order valence-corrected chi connectivity index (χ2v) is 3.74. The van der Waals surface area contributed by atoms with Crippen LogP contribution in [0.25, 0.3) is 0 Å². The number of rotatable bonds is 3. The molecule has 1 saturated heterocycles. The minimum atomic E-state index is -0.210. The summed E-state index contributed by atoms with van der Waals surface area (Å²) < 4.78 is 10.2. The lowest BCUT2D eigenvalue weighted by Gasteiger charge is -2.04. The van der Waals surface area contributed by atoms with E-state index in [2.05, 4.69) is 4.74 Å². The predicted molar refractivity (Wildman–Crippen MR) is 55.2 cm³/mol. The molecule has 1 heterocycles. The van der Waals surface area contributed by atoms with E-state index in [0.717, 1.165) is 5.56 Å². The fourth-order valence-corrected chi connectivity index (χ4v) is 1.73. The van der Waals surface area contributed by atoms with E-state index >= 15 is 0 Å². The Hall–Kier alpha value is -1.35. The SMILES string of the molecule is COC(=O)[C@H](C)[C@H]1O[C@H]1c1ccccc1. The van der Waals surface area contributed by atoms with Crippen LogP contribution in [0.1, 0.15) is 18.6 Å². The molecule has 0 spiro atoms. The molecule has 2 rings (SSSR count). The molecule has 0 aliphatic carbocycles. The van der Waals surface area contributed by atoms with Crippen molar-refractivity contribution in [3.8, 4) is 0 Å². The number of hydrogen-bond donors (Lipinski definition) is 0. The zero-order chi connectivity index (χ0) is 10.8. The molecule has 1 aliphatic heterocycles. The van der Waals surface area contributed by atoms with Gasteiger partial charge in [-0.05, 0) is 12.5 Å². The van der Waals surface area contributed by atoms with E-state index in [1.807, 2.05) is 37.3 Å². The van der Waals surface area contributed by atoms with Gasteiger partial charge in [0.2, 0.25) is 0 Å². The van der Waals surface area contributed by atoms with Crippen molar-refractivity contribution < 1.29 is 14.3 Å². The van der Waals surface area contributed by atoms with Gasteiger partial charge in [0.15, 0.2) is 0 Å². The molecule has 0 saturated carbocycles. The minimum absolute atomic E-state index is 0.0279. The Balaban J connectivity index is 1.99. The molecule has 3 heteroatoms. The Morgan fingerprint density at radius 3 is 2.67 bits per heavy atom. The van der Waals surface area contributed by atoms with Gasteiger partial charge in [0.05, 0.1) is 13.0 Å². The molecule has 1 aliphatic rings. The Labute approximate surface area is 89.0 Å². The Morgan fingerprint density at radius 2 is 2.07 bits per heavy atom. The van der Waals surface area contributed by atoms with Gasteiger partial charge in [-0.1, -0.05) is 30.3 Å². The summed E-state index contributed by atoms with van der Waals surface area (Å²) in [6.45, 7) is 1.83. The van der Waals surface area contributed by atoms with E-state index in [1.54, 1.807) is 0 Å². The highest BCUT2D eigenvalue weighted by Gasteiger charge is 2.46. The third-order valence-corrected chi connectivity index (χ3v) is 2.72. The lowest BCUT2D eigenvalue weighted by Crippen LogP contribution is -2.18. The van der Waals surface area contributed by atoms with Gasteiger partial charge in [-0.3, -0.25) is 4.79 Å². The molecule has 80 valence electrons. The summed E-state index contributed by atoms with van der Waals surface area (Å²) in [5.41, 5.74) is 1.12. The van der Waals surface area contributed by atoms with Gasteiger partial charge in [0.1, 0.15) is 12.2 Å². The maximum absolute atomic E-state index is 11.3. The summed E-state index contributed by atoms with van der Waals surface area (Å²) in [5, 5.41) is 0. The van der Waals surface area contributed by atoms with Crippen LogP contribution in [0.4, 0.5) is 0 Å². The summed E-state index contributed by atoms with van der Waals surface area (Å²) in [4.78, 5) is 11.3. The fourth-order valence-electron chi connectivity index (χ4n) is 1.73. The topological polar surface area (TPSA) is 38.8 Å². The van der Waals surface area contributed by atoms with Crippen LogP contribution in [-0.4, -0.2) is 19.2 Å². The highest BCUT2D eigenvalue weighted by atomic mass is 16.6. The minimum Gasteiger partial charge on any atom is -0.469 e. The van der Waals surface area contributed by atoms with Gasteiger partial charge < -0.3 is 9.47 Å². The molecule has 0 N–H and O–H groups in total. The number of carbonyl (C=O) groups excluding carboxylic acids is 1. The number of methoxy groups -OCH3 is 1. The molecule has 0 aromatic heterocycles. The van der Waals surface area contributed by atoms with Crippen molar-refractivity contribution in [1.82, 2.24) is 0 Å². The van der Waals surface area contributed by atoms with Crippen molar-refractivity contribution in [2.24, 2.45) is 5.92 Å². The zero-order valence-corrected chi connectivity index (χ0v) is 8.84. The number of ether oxygens (including phenoxy) is 2. The van der Waals surface area contributed by atoms with E-state index < -0.39 is 0 Å². The molecular weight excluding hydrogens is 192 g/mol. The van der Waals surface area contributed by atoms with Crippen LogP contribution in [-0.2, 0) is 14.3 Å². The fraction of sp³-hybridized carbons (Fsp3) is 0.417. The third kappa shape index (κ3) is 2.02. The number of epoxide rings is 1. The summed E-state index contributed by atoms with van der Waals surface area (Å²) in [6, 6.07) is 9.92. The second-order valence-electron chi connectivity index (χ2n) is 3.74. The lowest BCUT2D eigenvalue weighted by atomic mass is 10.0. The van der Waals surface area contributed by atoms with Crippen LogP contribution in [0.2, 0.25) is 0 Å². The molecule has 3 atom stereocenters. The van der Waals surface area contributed by atoms with Gasteiger partial charge in [0.25, 0.3) is 0 Å². The maximum Gasteiger partial charge on any atom is 0.311 e. The molecule has 0 amide bonds. The quantitative estimate of drug-likeness (QED) is 0.560. The Kier molecular flexibility index (Phi) is 2.73. The summed E-state index contributed by atoms with van der Waals surface area (Å²) in [6.07, 6.45) is 0.0279. The zero-order valence-electron chi connectivity index (χ0n) is 8.84. The smallest absolute Gasteiger partial charge is 0.311 e. The van der Waals surface area contributed by atoms with Crippen LogP contribution in [0.3, 0.4) is 0 Å². The van der Waals surface area contributed by atoms with Crippen molar-refractivity contribution in [2.45, 2.75) is 19.1 Å². The van der Waals surface area contributed by atoms with Crippen LogP contribution >= 0.6 is 0 Å². The molecular formula is C12H14O3. The van der Waals surface area contributed by atoms with Crippen molar-refractivity contribution in [2.75, 3.05) is 7.11 Å². The predicted octanol–water partition coefficient (Wildman–Crippen LogP) is 1.94. The second kappa shape index (κ2) is 4.03. The highest BCUT2D eigenvalue weighted by molar-refractivity contribution is 5.73. The van der Waals surface area contributed by atoms with Crippen LogP contribution in [0, 0.1) is 5.92 Å². The molecule has 0 bridgehead atoms. The maximum atomic E-state index is 11.3. The molecule has 3 nitrogen and oxygen atoms in total. The Bertz CT molecular complexity index is 347. The average Bonchev–Trinajstić information content (AvgIpc) is 3.08. The van der Waals surface area contributed by atoms with E-state index in [-0.39, 0.29) is 24.1 Å². The van der Waals surface area contributed by atoms with Crippen molar-refractivity contribution in [3.63, 3.8) is 0 Å². The lowest BCUT2D eigenvalue weighted by molar-refractivity contribution is -0.145. The molecule has 1 aromatic rings. The normalized spacial score (nSPS) is 25.7. The molecule has 0 radical (unpaired) electrons. The van der Waals surface area contributed by atoms with Crippen LogP contribution < -0.4 is 0 Å². The Morgan fingerprint density at radius 1 is 1.40 bits per heavy atom. The molecule has 1 aromatic carbocycles. The first kappa shape index (κ1) is 10.2. The van der Waals surface area contributed by atoms with Gasteiger partial charge >= 0.3 is 5.97 Å². The van der Waals surface area contributed by atoms with E-state index in [1.165, 1.54) is 7.11 Å². The summed E-state index contributed by atoms with van der Waals surface area (Å²) in [7, 11) is 1.40. The number of carbonyl (C=O) groups is 1. The first-order valence-electron chi connectivity index (χ1n) is 5.02.